The minimum Gasteiger partial charge on any atom is -0.486 e. The Hall–Kier alpha value is -2.31. The first-order valence-electron chi connectivity index (χ1n) is 6.48. The maximum Gasteiger partial charge on any atom is 0.165 e. The van der Waals surface area contributed by atoms with Crippen LogP contribution in [0.4, 0.5) is 4.39 Å². The molecular weight excluding hydrogens is 277 g/mol. The lowest BCUT2D eigenvalue weighted by Gasteiger charge is -2.26. The van der Waals surface area contributed by atoms with Gasteiger partial charge >= 0.3 is 0 Å². The first-order valence-corrected chi connectivity index (χ1v) is 6.48. The molecule has 0 saturated carbocycles. The lowest BCUT2D eigenvalue weighted by atomic mass is 10.2. The van der Waals surface area contributed by atoms with E-state index in [1.54, 1.807) is 30.3 Å². The van der Waals surface area contributed by atoms with E-state index in [-0.39, 0.29) is 18.5 Å². The van der Waals surface area contributed by atoms with Crippen LogP contribution in [0.2, 0.25) is 0 Å². The van der Waals surface area contributed by atoms with E-state index in [0.717, 1.165) is 0 Å². The molecule has 21 heavy (non-hydrogen) atoms. The van der Waals surface area contributed by atoms with Crippen LogP contribution < -0.4 is 19.7 Å². The first kappa shape index (κ1) is 13.7. The van der Waals surface area contributed by atoms with Gasteiger partial charge in [0.25, 0.3) is 0 Å². The Morgan fingerprint density at radius 1 is 1.14 bits per heavy atom. The van der Waals surface area contributed by atoms with E-state index in [1.807, 2.05) is 0 Å². The molecule has 1 aliphatic rings. The van der Waals surface area contributed by atoms with Gasteiger partial charge in [-0.2, -0.15) is 0 Å². The van der Waals surface area contributed by atoms with E-state index in [9.17, 15) is 4.39 Å². The molecule has 1 atom stereocenters. The van der Waals surface area contributed by atoms with E-state index in [2.05, 4.69) is 5.48 Å². The summed E-state index contributed by atoms with van der Waals surface area (Å²) in [6.45, 7) is 0.626. The predicted octanol–water partition coefficient (Wildman–Crippen LogP) is 2.74. The molecule has 1 aliphatic heterocycles. The van der Waals surface area contributed by atoms with Gasteiger partial charge in [-0.25, -0.2) is 9.87 Å². The van der Waals surface area contributed by atoms with Crippen molar-refractivity contribution in [3.63, 3.8) is 0 Å². The Morgan fingerprint density at radius 2 is 1.90 bits per heavy atom. The minimum atomic E-state index is -0.316. The first-order chi connectivity index (χ1) is 10.2. The lowest BCUT2D eigenvalue weighted by molar-refractivity contribution is 0.0525. The molecule has 0 radical (unpaired) electrons. The summed E-state index contributed by atoms with van der Waals surface area (Å²) in [5.41, 5.74) is 2.06. The number of rotatable bonds is 4. The van der Waals surface area contributed by atoms with Crippen LogP contribution in [0, 0.1) is 5.82 Å². The highest BCUT2D eigenvalue weighted by atomic mass is 19.1. The summed E-state index contributed by atoms with van der Waals surface area (Å²) in [6, 6.07) is 10.9. The highest BCUT2D eigenvalue weighted by molar-refractivity contribution is 5.47. The highest BCUT2D eigenvalue weighted by Crippen LogP contribution is 2.36. The van der Waals surface area contributed by atoms with Crippen LogP contribution in [0.15, 0.2) is 42.5 Å². The van der Waals surface area contributed by atoms with Gasteiger partial charge < -0.3 is 19.4 Å². The van der Waals surface area contributed by atoms with Crippen molar-refractivity contribution in [1.82, 2.24) is 5.48 Å². The third-order valence-electron chi connectivity index (χ3n) is 3.00. The van der Waals surface area contributed by atoms with Crippen molar-refractivity contribution in [1.29, 1.82) is 0 Å². The number of nitrogens with one attached hydrogen (secondary N) is 1. The third kappa shape index (κ3) is 3.24. The number of hydroxylamine groups is 1. The summed E-state index contributed by atoms with van der Waals surface area (Å²) >= 11 is 0. The van der Waals surface area contributed by atoms with Crippen molar-refractivity contribution in [3.05, 3.63) is 48.3 Å². The molecule has 110 valence electrons. The SMILES string of the molecule is ONCC1COc2ccc(Oc3ccc(F)cc3)cc2O1. The van der Waals surface area contributed by atoms with Gasteiger partial charge in [-0.15, -0.1) is 0 Å². The molecular formula is C15H14FNO4. The Morgan fingerprint density at radius 3 is 2.67 bits per heavy atom. The second-order valence-electron chi connectivity index (χ2n) is 4.58. The van der Waals surface area contributed by atoms with Crippen LogP contribution in [0.5, 0.6) is 23.0 Å². The van der Waals surface area contributed by atoms with Gasteiger partial charge in [0.1, 0.15) is 30.0 Å². The molecule has 5 nitrogen and oxygen atoms in total. The summed E-state index contributed by atoms with van der Waals surface area (Å²) in [6.07, 6.45) is -0.274. The number of fused-ring (bicyclic) bond motifs is 1. The Kier molecular flexibility index (Phi) is 3.89. The van der Waals surface area contributed by atoms with Crippen molar-refractivity contribution in [2.24, 2.45) is 0 Å². The number of ether oxygens (including phenoxy) is 3. The molecule has 0 bridgehead atoms. The van der Waals surface area contributed by atoms with Crippen molar-refractivity contribution >= 4 is 0 Å². The van der Waals surface area contributed by atoms with Gasteiger partial charge in [0.05, 0.1) is 6.54 Å². The molecule has 2 aromatic rings. The zero-order chi connectivity index (χ0) is 14.7. The topological polar surface area (TPSA) is 60.0 Å². The van der Waals surface area contributed by atoms with E-state index in [1.165, 1.54) is 12.1 Å². The molecule has 3 rings (SSSR count). The summed E-state index contributed by atoms with van der Waals surface area (Å²) in [7, 11) is 0. The van der Waals surface area contributed by atoms with Crippen molar-refractivity contribution < 1.29 is 23.8 Å². The van der Waals surface area contributed by atoms with Crippen LogP contribution in [0.1, 0.15) is 0 Å². The molecule has 2 aromatic carbocycles. The van der Waals surface area contributed by atoms with Crippen molar-refractivity contribution in [3.8, 4) is 23.0 Å². The smallest absolute Gasteiger partial charge is 0.165 e. The average molecular weight is 291 g/mol. The molecule has 0 aliphatic carbocycles. The van der Waals surface area contributed by atoms with Gasteiger partial charge in [0.15, 0.2) is 11.5 Å². The average Bonchev–Trinajstić information content (AvgIpc) is 2.50. The summed E-state index contributed by atoms with van der Waals surface area (Å²) < 4.78 is 29.7. The second kappa shape index (κ2) is 5.99. The van der Waals surface area contributed by atoms with E-state index < -0.39 is 0 Å². The van der Waals surface area contributed by atoms with E-state index in [0.29, 0.717) is 29.6 Å². The third-order valence-corrected chi connectivity index (χ3v) is 3.00. The molecule has 0 amide bonds. The fraction of sp³-hybridized carbons (Fsp3) is 0.200. The van der Waals surface area contributed by atoms with Crippen LogP contribution in [0.25, 0.3) is 0 Å². The van der Waals surface area contributed by atoms with Gasteiger partial charge in [-0.1, -0.05) is 0 Å². The minimum absolute atomic E-state index is 0.266. The molecule has 1 unspecified atom stereocenters. The fourth-order valence-electron chi connectivity index (χ4n) is 2.00. The fourth-order valence-corrected chi connectivity index (χ4v) is 2.00. The van der Waals surface area contributed by atoms with Gasteiger partial charge in [0.2, 0.25) is 0 Å². The van der Waals surface area contributed by atoms with Gasteiger partial charge in [0, 0.05) is 6.07 Å². The normalized spacial score (nSPS) is 16.6. The standard InChI is InChI=1S/C15H14FNO4/c16-10-1-3-11(4-2-10)20-12-5-6-14-15(7-12)21-13(8-17-18)9-19-14/h1-7,13,17-18H,8-9H2. The van der Waals surface area contributed by atoms with Crippen LogP contribution in [-0.4, -0.2) is 24.5 Å². The number of halogens is 1. The zero-order valence-corrected chi connectivity index (χ0v) is 11.1. The largest absolute Gasteiger partial charge is 0.486 e. The molecule has 2 N–H and O–H groups in total. The van der Waals surface area contributed by atoms with Gasteiger partial charge in [-0.05, 0) is 36.4 Å². The number of hydrogen-bond donors (Lipinski definition) is 2. The molecule has 0 saturated heterocycles. The molecule has 6 heteroatoms. The quantitative estimate of drug-likeness (QED) is 0.848. The summed E-state index contributed by atoms with van der Waals surface area (Å²) in [4.78, 5) is 0. The lowest BCUT2D eigenvalue weighted by Crippen LogP contribution is -2.37. The Labute approximate surface area is 120 Å². The Bertz CT molecular complexity index is 618. The Balaban J connectivity index is 1.76. The highest BCUT2D eigenvalue weighted by Gasteiger charge is 2.21. The maximum atomic E-state index is 12.8. The van der Waals surface area contributed by atoms with Crippen LogP contribution in [0.3, 0.4) is 0 Å². The van der Waals surface area contributed by atoms with E-state index >= 15 is 0 Å². The molecule has 0 fully saturated rings. The van der Waals surface area contributed by atoms with Gasteiger partial charge in [-0.3, -0.25) is 0 Å². The van der Waals surface area contributed by atoms with E-state index in [4.69, 9.17) is 19.4 Å². The van der Waals surface area contributed by atoms with Crippen molar-refractivity contribution in [2.45, 2.75) is 6.10 Å². The molecule has 0 spiro atoms. The number of benzene rings is 2. The molecule has 1 heterocycles. The summed E-state index contributed by atoms with van der Waals surface area (Å²) in [5, 5.41) is 8.70. The second-order valence-corrected chi connectivity index (χ2v) is 4.58. The number of hydrogen-bond acceptors (Lipinski definition) is 5. The maximum absolute atomic E-state index is 12.8. The van der Waals surface area contributed by atoms with Crippen LogP contribution in [-0.2, 0) is 0 Å². The zero-order valence-electron chi connectivity index (χ0n) is 11.1. The van der Waals surface area contributed by atoms with Crippen molar-refractivity contribution in [2.75, 3.05) is 13.2 Å². The van der Waals surface area contributed by atoms with Crippen LogP contribution >= 0.6 is 0 Å². The monoisotopic (exact) mass is 291 g/mol. The predicted molar refractivity (Wildman–Crippen MR) is 72.6 cm³/mol. The molecule has 0 aromatic heterocycles. The summed E-state index contributed by atoms with van der Waals surface area (Å²) in [5.74, 6) is 1.93.